The molecule has 0 atom stereocenters. The number of anilines is 2. The Labute approximate surface area is 104 Å². The molecule has 0 fully saturated rings. The van der Waals surface area contributed by atoms with E-state index < -0.39 is 23.3 Å². The van der Waals surface area contributed by atoms with E-state index in [1.807, 2.05) is 0 Å². The molecule has 1 aromatic heterocycles. The van der Waals surface area contributed by atoms with Crippen molar-refractivity contribution in [1.29, 1.82) is 0 Å². The molecule has 0 aliphatic carbocycles. The van der Waals surface area contributed by atoms with Gasteiger partial charge in [-0.3, -0.25) is 4.79 Å². The lowest BCUT2D eigenvalue weighted by Gasteiger charge is -2.13. The Morgan fingerprint density at radius 3 is 2.68 bits per heavy atom. The highest BCUT2D eigenvalue weighted by Gasteiger charge is 2.34. The van der Waals surface area contributed by atoms with Crippen LogP contribution in [0.1, 0.15) is 16.1 Å². The minimum absolute atomic E-state index is 0.0493. The van der Waals surface area contributed by atoms with Crippen molar-refractivity contribution < 1.29 is 18.0 Å². The molecule has 19 heavy (non-hydrogen) atoms. The Morgan fingerprint density at radius 2 is 2.11 bits per heavy atom. The molecule has 2 rings (SSSR count). The number of benzene rings is 1. The lowest BCUT2D eigenvalue weighted by molar-refractivity contribution is -0.136. The summed E-state index contributed by atoms with van der Waals surface area (Å²) in [6.07, 6.45) is -3.53. The summed E-state index contributed by atoms with van der Waals surface area (Å²) in [4.78, 5) is 11.6. The molecule has 9 heteroatoms. The van der Waals surface area contributed by atoms with Gasteiger partial charge in [-0.05, 0) is 18.2 Å². The number of alkyl halides is 3. The largest absolute Gasteiger partial charge is 0.418 e. The summed E-state index contributed by atoms with van der Waals surface area (Å²) in [6, 6.07) is 3.09. The van der Waals surface area contributed by atoms with Gasteiger partial charge in [-0.25, -0.2) is 0 Å². The van der Waals surface area contributed by atoms with Crippen molar-refractivity contribution in [2.75, 3.05) is 11.1 Å². The van der Waals surface area contributed by atoms with E-state index in [4.69, 9.17) is 5.73 Å². The highest BCUT2D eigenvalue weighted by atomic mass is 19.4. The highest BCUT2D eigenvalue weighted by molar-refractivity contribution is 6.03. The molecule has 0 saturated carbocycles. The minimum Gasteiger partial charge on any atom is -0.399 e. The molecule has 0 unspecified atom stereocenters. The number of H-pyrrole nitrogens is 1. The van der Waals surface area contributed by atoms with Gasteiger partial charge in [-0.1, -0.05) is 0 Å². The van der Waals surface area contributed by atoms with E-state index >= 15 is 0 Å². The number of nitrogens with two attached hydrogens (primary N) is 1. The number of halogens is 3. The number of nitrogens with zero attached hydrogens (tertiary/aromatic N) is 2. The summed E-state index contributed by atoms with van der Waals surface area (Å²) in [6.45, 7) is 0. The molecule has 0 aliphatic rings. The Balaban J connectivity index is 2.33. The summed E-state index contributed by atoms with van der Waals surface area (Å²) < 4.78 is 38.3. The maximum atomic E-state index is 12.8. The first-order valence-corrected chi connectivity index (χ1v) is 5.02. The number of amides is 1. The molecule has 1 heterocycles. The highest BCUT2D eigenvalue weighted by Crippen LogP contribution is 2.36. The molecule has 0 spiro atoms. The van der Waals surface area contributed by atoms with Crippen molar-refractivity contribution in [1.82, 2.24) is 15.4 Å². The number of hydrogen-bond donors (Lipinski definition) is 3. The molecular formula is C10H8F3N5O. The molecule has 1 aromatic carbocycles. The number of nitrogen functional groups attached to an aromatic ring is 1. The van der Waals surface area contributed by atoms with Crippen molar-refractivity contribution in [2.45, 2.75) is 6.18 Å². The molecule has 4 N–H and O–H groups in total. The maximum absolute atomic E-state index is 12.8. The van der Waals surface area contributed by atoms with Crippen LogP contribution in [0.4, 0.5) is 24.5 Å². The fourth-order valence-electron chi connectivity index (χ4n) is 1.40. The number of carbonyl (C=O) groups excluding carboxylic acids is 1. The normalized spacial score (nSPS) is 11.3. The van der Waals surface area contributed by atoms with E-state index in [-0.39, 0.29) is 11.4 Å². The third-order valence-electron chi connectivity index (χ3n) is 2.24. The fraction of sp³-hybridized carbons (Fsp3) is 0.100. The summed E-state index contributed by atoms with van der Waals surface area (Å²) in [5, 5.41) is 11.2. The van der Waals surface area contributed by atoms with Crippen LogP contribution in [0, 0.1) is 0 Å². The molecular weight excluding hydrogens is 263 g/mol. The first kappa shape index (κ1) is 12.9. The van der Waals surface area contributed by atoms with Crippen LogP contribution in [-0.4, -0.2) is 21.3 Å². The lowest BCUT2D eigenvalue weighted by Crippen LogP contribution is -2.17. The monoisotopic (exact) mass is 271 g/mol. The Kier molecular flexibility index (Phi) is 3.11. The smallest absolute Gasteiger partial charge is 0.399 e. The average molecular weight is 271 g/mol. The second-order valence-corrected chi connectivity index (χ2v) is 3.61. The van der Waals surface area contributed by atoms with Crippen LogP contribution in [0.5, 0.6) is 0 Å². The SMILES string of the molecule is Nc1ccc(NC(=O)c2cn[nH]n2)c(C(F)(F)F)c1. The van der Waals surface area contributed by atoms with Crippen molar-refractivity contribution >= 4 is 17.3 Å². The Morgan fingerprint density at radius 1 is 1.37 bits per heavy atom. The molecule has 2 aromatic rings. The number of aromatic amines is 1. The van der Waals surface area contributed by atoms with E-state index in [2.05, 4.69) is 20.7 Å². The van der Waals surface area contributed by atoms with Gasteiger partial charge in [0.15, 0.2) is 5.69 Å². The number of aromatic nitrogens is 3. The molecule has 0 saturated heterocycles. The van der Waals surface area contributed by atoms with Gasteiger partial charge in [0.25, 0.3) is 5.91 Å². The van der Waals surface area contributed by atoms with Crippen LogP contribution in [0.15, 0.2) is 24.4 Å². The lowest BCUT2D eigenvalue weighted by atomic mass is 10.1. The van der Waals surface area contributed by atoms with Gasteiger partial charge in [0.05, 0.1) is 17.4 Å². The molecule has 6 nitrogen and oxygen atoms in total. The second kappa shape index (κ2) is 4.59. The zero-order valence-electron chi connectivity index (χ0n) is 9.32. The second-order valence-electron chi connectivity index (χ2n) is 3.61. The number of rotatable bonds is 2. The van der Waals surface area contributed by atoms with Gasteiger partial charge in [0.2, 0.25) is 0 Å². The van der Waals surface area contributed by atoms with Crippen molar-refractivity contribution in [3.05, 3.63) is 35.7 Å². The van der Waals surface area contributed by atoms with Gasteiger partial charge < -0.3 is 11.1 Å². The molecule has 0 bridgehead atoms. The predicted octanol–water partition coefficient (Wildman–Crippen LogP) is 1.66. The topological polar surface area (TPSA) is 96.7 Å². The van der Waals surface area contributed by atoms with Gasteiger partial charge in [0.1, 0.15) is 0 Å². The van der Waals surface area contributed by atoms with E-state index in [1.54, 1.807) is 0 Å². The van der Waals surface area contributed by atoms with E-state index in [0.29, 0.717) is 0 Å². The number of carbonyl (C=O) groups is 1. The minimum atomic E-state index is -4.62. The van der Waals surface area contributed by atoms with E-state index in [1.165, 1.54) is 6.07 Å². The number of hydrogen-bond acceptors (Lipinski definition) is 4. The van der Waals surface area contributed by atoms with Crippen molar-refractivity contribution in [2.24, 2.45) is 0 Å². The zero-order chi connectivity index (χ0) is 14.0. The van der Waals surface area contributed by atoms with Gasteiger partial charge in [-0.15, -0.1) is 0 Å². The van der Waals surface area contributed by atoms with Crippen LogP contribution < -0.4 is 11.1 Å². The third-order valence-corrected chi connectivity index (χ3v) is 2.24. The van der Waals surface area contributed by atoms with E-state index in [0.717, 1.165) is 18.3 Å². The standard InChI is InChI=1S/C10H8F3N5O/c11-10(12,13)6-3-5(14)1-2-7(6)16-9(19)8-4-15-18-17-8/h1-4H,14H2,(H,16,19)(H,15,17,18). The molecule has 100 valence electrons. The maximum Gasteiger partial charge on any atom is 0.418 e. The summed E-state index contributed by atoms with van der Waals surface area (Å²) in [5.41, 5.74) is 3.72. The Bertz CT molecular complexity index is 594. The predicted molar refractivity (Wildman–Crippen MR) is 60.2 cm³/mol. The Hall–Kier alpha value is -2.58. The van der Waals surface area contributed by atoms with Gasteiger partial charge in [0, 0.05) is 5.69 Å². The first-order valence-electron chi connectivity index (χ1n) is 5.02. The van der Waals surface area contributed by atoms with Crippen molar-refractivity contribution in [3.8, 4) is 0 Å². The average Bonchev–Trinajstić information content (AvgIpc) is 2.83. The summed E-state index contributed by atoms with van der Waals surface area (Å²) in [5.74, 6) is -0.802. The van der Waals surface area contributed by atoms with Crippen molar-refractivity contribution in [3.63, 3.8) is 0 Å². The van der Waals surface area contributed by atoms with Crippen LogP contribution in [-0.2, 0) is 6.18 Å². The van der Waals surface area contributed by atoms with Crippen LogP contribution in [0.25, 0.3) is 0 Å². The van der Waals surface area contributed by atoms with Crippen LogP contribution >= 0.6 is 0 Å². The van der Waals surface area contributed by atoms with Gasteiger partial charge in [-0.2, -0.15) is 28.6 Å². The zero-order valence-corrected chi connectivity index (χ0v) is 9.32. The quantitative estimate of drug-likeness (QED) is 0.723. The van der Waals surface area contributed by atoms with Crippen LogP contribution in [0.3, 0.4) is 0 Å². The first-order chi connectivity index (χ1) is 8.88. The molecule has 0 aliphatic heterocycles. The third kappa shape index (κ3) is 2.81. The summed E-state index contributed by atoms with van der Waals surface area (Å²) >= 11 is 0. The molecule has 1 amide bonds. The summed E-state index contributed by atoms with van der Waals surface area (Å²) in [7, 11) is 0. The fourth-order valence-corrected chi connectivity index (χ4v) is 1.40. The van der Waals surface area contributed by atoms with Crippen LogP contribution in [0.2, 0.25) is 0 Å². The number of nitrogens with one attached hydrogen (secondary N) is 2. The van der Waals surface area contributed by atoms with Gasteiger partial charge >= 0.3 is 6.18 Å². The van der Waals surface area contributed by atoms with E-state index in [9.17, 15) is 18.0 Å². The molecule has 0 radical (unpaired) electrons.